The molecule has 0 unspecified atom stereocenters. The highest BCUT2D eigenvalue weighted by atomic mass is 35.5. The van der Waals surface area contributed by atoms with Crippen LogP contribution in [0.1, 0.15) is 24.1 Å². The van der Waals surface area contributed by atoms with Crippen LogP contribution >= 0.6 is 11.6 Å². The summed E-state index contributed by atoms with van der Waals surface area (Å²) in [5.41, 5.74) is 2.35. The molecule has 2 saturated heterocycles. The second-order valence-corrected chi connectivity index (χ2v) is 10.7. The van der Waals surface area contributed by atoms with Gasteiger partial charge >= 0.3 is 6.09 Å². The maximum atomic E-state index is 11.7. The van der Waals surface area contributed by atoms with E-state index in [9.17, 15) is 15.3 Å². The number of benzene rings is 1. The van der Waals surface area contributed by atoms with Gasteiger partial charge in [0.2, 0.25) is 5.95 Å². The van der Waals surface area contributed by atoms with Crippen LogP contribution in [0.2, 0.25) is 5.02 Å². The molecule has 6 rings (SSSR count). The van der Waals surface area contributed by atoms with E-state index in [4.69, 9.17) is 21.1 Å². The first-order valence-corrected chi connectivity index (χ1v) is 13.6. The number of fused-ring (bicyclic) bond motifs is 1. The van der Waals surface area contributed by atoms with Crippen LogP contribution in [-0.4, -0.2) is 95.2 Å². The number of aromatic nitrogens is 4. The molecule has 0 spiro atoms. The number of halogens is 1. The number of nitriles is 2. The molecule has 212 valence electrons. The third kappa shape index (κ3) is 5.25. The van der Waals surface area contributed by atoms with Gasteiger partial charge < -0.3 is 30.3 Å². The van der Waals surface area contributed by atoms with Gasteiger partial charge in [-0.25, -0.2) is 9.78 Å². The molecule has 15 heteroatoms. The Kier molecular flexibility index (Phi) is 7.13. The molecule has 1 saturated carbocycles. The first-order valence-electron chi connectivity index (χ1n) is 13.2. The molecule has 0 bridgehead atoms. The number of methoxy groups -OCH3 is 2. The van der Waals surface area contributed by atoms with Crippen LogP contribution in [0.25, 0.3) is 5.65 Å². The van der Waals surface area contributed by atoms with E-state index < -0.39 is 6.09 Å². The summed E-state index contributed by atoms with van der Waals surface area (Å²) in [4.78, 5) is 25.0. The summed E-state index contributed by atoms with van der Waals surface area (Å²) in [6.07, 6.45) is 2.90. The molecule has 1 aliphatic carbocycles. The fraction of sp³-hybridized carbons (Fsp3) is 0.462. The molecule has 41 heavy (non-hydrogen) atoms. The largest absolute Gasteiger partial charge is 0.453 e. The van der Waals surface area contributed by atoms with Crippen LogP contribution in [0, 0.1) is 22.7 Å². The van der Waals surface area contributed by atoms with Gasteiger partial charge in [0.05, 0.1) is 53.5 Å². The van der Waals surface area contributed by atoms with E-state index in [0.29, 0.717) is 65.6 Å². The molecule has 1 aromatic carbocycles. The SMILES string of the molecule is COC(=O)N[C@@H]1CN(C2CN(c3cc(C#N)cc(Nc4nc(NC5CC5)c5ncc(C#N)n5n4)c3Cl)C2)C[C@@H]1OC. The van der Waals surface area contributed by atoms with Gasteiger partial charge in [-0.05, 0) is 25.0 Å². The molecule has 1 amide bonds. The van der Waals surface area contributed by atoms with Gasteiger partial charge in [-0.15, -0.1) is 5.10 Å². The van der Waals surface area contributed by atoms with Crippen molar-refractivity contribution in [3.8, 4) is 12.1 Å². The Bertz CT molecular complexity index is 1570. The predicted molar refractivity (Wildman–Crippen MR) is 149 cm³/mol. The third-order valence-electron chi connectivity index (χ3n) is 7.63. The lowest BCUT2D eigenvalue weighted by molar-refractivity contribution is 0.0812. The van der Waals surface area contributed by atoms with E-state index in [1.54, 1.807) is 19.2 Å². The number of imidazole rings is 1. The summed E-state index contributed by atoms with van der Waals surface area (Å²) in [6.45, 7) is 2.70. The van der Waals surface area contributed by atoms with Gasteiger partial charge in [0, 0.05) is 45.4 Å². The van der Waals surface area contributed by atoms with Crippen molar-refractivity contribution in [2.45, 2.75) is 37.1 Å². The molecule has 2 aromatic heterocycles. The predicted octanol–water partition coefficient (Wildman–Crippen LogP) is 2.08. The molecule has 3 fully saturated rings. The Labute approximate surface area is 240 Å². The zero-order valence-electron chi connectivity index (χ0n) is 22.5. The molecule has 3 N–H and O–H groups in total. The van der Waals surface area contributed by atoms with Crippen LogP contribution in [0.3, 0.4) is 0 Å². The lowest BCUT2D eigenvalue weighted by atomic mass is 10.0. The number of alkyl carbamates (subject to hydrolysis) is 1. The van der Waals surface area contributed by atoms with Crippen molar-refractivity contribution in [3.05, 3.63) is 34.6 Å². The Morgan fingerprint density at radius 3 is 2.63 bits per heavy atom. The monoisotopic (exact) mass is 577 g/mol. The van der Waals surface area contributed by atoms with E-state index in [-0.39, 0.29) is 29.8 Å². The minimum absolute atomic E-state index is 0.141. The number of anilines is 4. The van der Waals surface area contributed by atoms with Gasteiger partial charge in [-0.3, -0.25) is 4.90 Å². The number of hydrogen-bond donors (Lipinski definition) is 3. The van der Waals surface area contributed by atoms with Gasteiger partial charge in [0.1, 0.15) is 6.07 Å². The van der Waals surface area contributed by atoms with Crippen LogP contribution in [0.15, 0.2) is 18.3 Å². The minimum atomic E-state index is -0.482. The Hall–Kier alpha value is -4.37. The van der Waals surface area contributed by atoms with Crippen molar-refractivity contribution in [2.24, 2.45) is 0 Å². The van der Waals surface area contributed by atoms with Crippen molar-refractivity contribution in [2.75, 3.05) is 55.9 Å². The first kappa shape index (κ1) is 26.8. The highest BCUT2D eigenvalue weighted by Crippen LogP contribution is 2.39. The van der Waals surface area contributed by atoms with E-state index >= 15 is 0 Å². The van der Waals surface area contributed by atoms with Crippen molar-refractivity contribution in [1.29, 1.82) is 10.5 Å². The molecular formula is C26H28ClN11O3. The molecule has 2 atom stereocenters. The topological polar surface area (TPSA) is 169 Å². The zero-order valence-corrected chi connectivity index (χ0v) is 23.2. The second kappa shape index (κ2) is 10.9. The summed E-state index contributed by atoms with van der Waals surface area (Å²) < 4.78 is 11.8. The molecule has 2 aliphatic heterocycles. The third-order valence-corrected chi connectivity index (χ3v) is 8.03. The number of likely N-dealkylation sites (tertiary alicyclic amines) is 1. The summed E-state index contributed by atoms with van der Waals surface area (Å²) in [5.74, 6) is 0.733. The molecule has 14 nitrogen and oxygen atoms in total. The normalized spacial score (nSPS) is 20.8. The highest BCUT2D eigenvalue weighted by molar-refractivity contribution is 6.36. The second-order valence-electron chi connectivity index (χ2n) is 10.3. The van der Waals surface area contributed by atoms with Gasteiger partial charge in [-0.1, -0.05) is 11.6 Å². The summed E-state index contributed by atoms with van der Waals surface area (Å²) in [5, 5.41) is 33.5. The van der Waals surface area contributed by atoms with Gasteiger partial charge in [0.25, 0.3) is 0 Å². The van der Waals surface area contributed by atoms with E-state index in [2.05, 4.69) is 53.0 Å². The van der Waals surface area contributed by atoms with Crippen LogP contribution < -0.4 is 20.9 Å². The average molecular weight is 578 g/mol. The van der Waals surface area contributed by atoms with Crippen LogP contribution in [-0.2, 0) is 9.47 Å². The van der Waals surface area contributed by atoms with E-state index in [1.165, 1.54) is 17.8 Å². The zero-order chi connectivity index (χ0) is 28.7. The smallest absolute Gasteiger partial charge is 0.407 e. The minimum Gasteiger partial charge on any atom is -0.453 e. The number of nitrogens with zero attached hydrogens (tertiary/aromatic N) is 8. The fourth-order valence-corrected chi connectivity index (χ4v) is 5.49. The van der Waals surface area contributed by atoms with E-state index in [1.807, 2.05) is 0 Å². The molecular weight excluding hydrogens is 550 g/mol. The van der Waals surface area contributed by atoms with Crippen LogP contribution in [0.4, 0.5) is 27.9 Å². The summed E-state index contributed by atoms with van der Waals surface area (Å²) >= 11 is 6.88. The lowest BCUT2D eigenvalue weighted by Crippen LogP contribution is -2.59. The number of ether oxygens (including phenoxy) is 2. The van der Waals surface area contributed by atoms with Crippen molar-refractivity contribution in [3.63, 3.8) is 0 Å². The molecule has 4 heterocycles. The fourth-order valence-electron chi connectivity index (χ4n) is 5.22. The maximum absolute atomic E-state index is 11.7. The average Bonchev–Trinajstić information content (AvgIpc) is 3.53. The van der Waals surface area contributed by atoms with Crippen LogP contribution in [0.5, 0.6) is 0 Å². The number of hydrogen-bond acceptors (Lipinski definition) is 12. The van der Waals surface area contributed by atoms with Crippen molar-refractivity contribution in [1.82, 2.24) is 29.8 Å². The number of carbonyl (C=O) groups is 1. The van der Waals surface area contributed by atoms with Crippen molar-refractivity contribution < 1.29 is 14.3 Å². The Morgan fingerprint density at radius 1 is 1.15 bits per heavy atom. The maximum Gasteiger partial charge on any atom is 0.407 e. The number of nitrogens with one attached hydrogen (secondary N) is 3. The van der Waals surface area contributed by atoms with Gasteiger partial charge in [0.15, 0.2) is 17.2 Å². The summed E-state index contributed by atoms with van der Waals surface area (Å²) in [7, 11) is 2.97. The molecule has 3 aliphatic rings. The number of carbonyl (C=O) groups excluding carboxylic acids is 1. The molecule has 0 radical (unpaired) electrons. The first-order chi connectivity index (χ1) is 19.9. The summed E-state index contributed by atoms with van der Waals surface area (Å²) in [6, 6.07) is 8.08. The highest BCUT2D eigenvalue weighted by Gasteiger charge is 2.42. The number of rotatable bonds is 8. The Balaban J connectivity index is 1.21. The standard InChI is InChI=1S/C26H28ClN11O3/c1-40-21-13-36(12-19(21)33-26(39)41-2)17-10-37(11-17)20-6-14(7-28)5-18(22(20)27)32-25-34-23(31-15-3-4-15)24-30-9-16(8-29)38(24)35-25/h5-6,9,15,17,19,21H,3-4,10-13H2,1-2H3,(H,33,39)(H2,31,32,34,35)/t19-,21+/m1/s1. The quantitative estimate of drug-likeness (QED) is 0.357. The lowest BCUT2D eigenvalue weighted by Gasteiger charge is -2.46. The van der Waals surface area contributed by atoms with Gasteiger partial charge in [-0.2, -0.15) is 20.0 Å². The molecule has 3 aromatic rings. The Morgan fingerprint density at radius 2 is 1.95 bits per heavy atom. The van der Waals surface area contributed by atoms with E-state index in [0.717, 1.165) is 12.8 Å². The number of amides is 1. The van der Waals surface area contributed by atoms with Crippen molar-refractivity contribution >= 4 is 46.5 Å².